The first-order valence-electron chi connectivity index (χ1n) is 8.89. The first kappa shape index (κ1) is 16.5. The molecule has 2 aromatic rings. The fraction of sp³-hybridized carbons (Fsp3) is 0.556. The molecule has 1 aliphatic carbocycles. The molecule has 2 N–H and O–H groups in total. The Kier molecular flexibility index (Phi) is 4.46. The van der Waals surface area contributed by atoms with E-state index in [1.807, 2.05) is 12.1 Å². The summed E-state index contributed by atoms with van der Waals surface area (Å²) in [7, 11) is 0. The second-order valence-electron chi connectivity index (χ2n) is 7.17. The average molecular weight is 364 g/mol. The highest BCUT2D eigenvalue weighted by Crippen LogP contribution is 2.38. The van der Waals surface area contributed by atoms with Gasteiger partial charge in [-0.05, 0) is 56.1 Å². The summed E-state index contributed by atoms with van der Waals surface area (Å²) in [5.74, 6) is 1.21. The molecule has 4 rings (SSSR count). The maximum Gasteiger partial charge on any atom is 0.407 e. The Balaban J connectivity index is 1.40. The predicted molar refractivity (Wildman–Crippen MR) is 96.1 cm³/mol. The molecule has 1 amide bonds. The van der Waals surface area contributed by atoms with Gasteiger partial charge in [0.05, 0.1) is 0 Å². The molecule has 1 aliphatic heterocycles. The zero-order valence-corrected chi connectivity index (χ0v) is 14.7. The van der Waals surface area contributed by atoms with Gasteiger partial charge in [0.1, 0.15) is 5.52 Å². The third kappa shape index (κ3) is 3.84. The van der Waals surface area contributed by atoms with Gasteiger partial charge in [-0.25, -0.2) is 4.79 Å². The van der Waals surface area contributed by atoms with Crippen molar-refractivity contribution in [2.45, 2.75) is 38.1 Å². The van der Waals surface area contributed by atoms with Crippen LogP contribution in [-0.4, -0.2) is 40.2 Å². The number of likely N-dealkylation sites (tertiary alicyclic amines) is 1. The molecule has 7 heteroatoms. The summed E-state index contributed by atoms with van der Waals surface area (Å²) in [5.41, 5.74) is 1.50. The number of amides is 1. The summed E-state index contributed by atoms with van der Waals surface area (Å²) in [6, 6.07) is 6.34. The quantitative estimate of drug-likeness (QED) is 0.820. The van der Waals surface area contributed by atoms with Crippen molar-refractivity contribution in [2.24, 2.45) is 11.8 Å². The second-order valence-corrected chi connectivity index (χ2v) is 7.60. The summed E-state index contributed by atoms with van der Waals surface area (Å²) < 4.78 is 5.80. The number of piperidine rings is 1. The van der Waals surface area contributed by atoms with E-state index in [1.165, 1.54) is 17.7 Å². The number of benzene rings is 1. The van der Waals surface area contributed by atoms with E-state index >= 15 is 0 Å². The smallest absolute Gasteiger partial charge is 0.407 e. The monoisotopic (exact) mass is 363 g/mol. The van der Waals surface area contributed by atoms with Gasteiger partial charge in [0.2, 0.25) is 0 Å². The molecule has 6 nitrogen and oxygen atoms in total. The number of carbonyl (C=O) groups is 1. The van der Waals surface area contributed by atoms with E-state index in [4.69, 9.17) is 21.1 Å². The minimum atomic E-state index is -0.805. The van der Waals surface area contributed by atoms with Gasteiger partial charge in [0.25, 0.3) is 6.01 Å². The SMILES string of the molecule is O=C(O)N1CCC(CC(Nc2nc3ccc(Cl)cc3o2)C2CC2)CC1. The Morgan fingerprint density at radius 3 is 2.80 bits per heavy atom. The van der Waals surface area contributed by atoms with Crippen molar-refractivity contribution in [3.63, 3.8) is 0 Å². The number of nitrogens with one attached hydrogen (secondary N) is 1. The summed E-state index contributed by atoms with van der Waals surface area (Å²) in [6.45, 7) is 1.28. The number of hydrogen-bond acceptors (Lipinski definition) is 4. The van der Waals surface area contributed by atoms with E-state index in [0.29, 0.717) is 47.6 Å². The minimum Gasteiger partial charge on any atom is -0.465 e. The molecular weight excluding hydrogens is 342 g/mol. The highest BCUT2D eigenvalue weighted by Gasteiger charge is 2.35. The lowest BCUT2D eigenvalue weighted by Crippen LogP contribution is -2.39. The molecule has 0 bridgehead atoms. The van der Waals surface area contributed by atoms with E-state index < -0.39 is 6.09 Å². The third-order valence-corrected chi connectivity index (χ3v) is 5.56. The molecule has 2 fully saturated rings. The fourth-order valence-corrected chi connectivity index (χ4v) is 3.87. The fourth-order valence-electron chi connectivity index (χ4n) is 3.71. The number of oxazole rings is 1. The lowest BCUT2D eigenvalue weighted by molar-refractivity contribution is 0.122. The molecule has 1 atom stereocenters. The van der Waals surface area contributed by atoms with Gasteiger partial charge in [-0.1, -0.05) is 11.6 Å². The van der Waals surface area contributed by atoms with Crippen molar-refractivity contribution >= 4 is 34.8 Å². The lowest BCUT2D eigenvalue weighted by atomic mass is 9.89. The van der Waals surface area contributed by atoms with Crippen LogP contribution in [0.2, 0.25) is 5.02 Å². The average Bonchev–Trinajstić information content (AvgIpc) is 3.36. The van der Waals surface area contributed by atoms with E-state index in [0.717, 1.165) is 24.8 Å². The van der Waals surface area contributed by atoms with Gasteiger partial charge in [-0.2, -0.15) is 4.98 Å². The topological polar surface area (TPSA) is 78.6 Å². The molecule has 1 aromatic carbocycles. The molecule has 1 saturated heterocycles. The molecule has 25 heavy (non-hydrogen) atoms. The number of rotatable bonds is 5. The summed E-state index contributed by atoms with van der Waals surface area (Å²) in [5, 5.41) is 13.2. The van der Waals surface area contributed by atoms with Crippen LogP contribution in [0, 0.1) is 11.8 Å². The molecule has 1 aromatic heterocycles. The Morgan fingerprint density at radius 1 is 1.36 bits per heavy atom. The number of aromatic nitrogens is 1. The predicted octanol–water partition coefficient (Wildman–Crippen LogP) is 4.45. The van der Waals surface area contributed by atoms with Crippen molar-refractivity contribution < 1.29 is 14.3 Å². The molecule has 1 saturated carbocycles. The summed E-state index contributed by atoms with van der Waals surface area (Å²) in [4.78, 5) is 17.1. The molecular formula is C18H22ClN3O3. The normalized spacial score (nSPS) is 20.0. The first-order valence-corrected chi connectivity index (χ1v) is 9.27. The lowest BCUT2D eigenvalue weighted by Gasteiger charge is -2.32. The van der Waals surface area contributed by atoms with Gasteiger partial charge in [0, 0.05) is 30.2 Å². The molecule has 2 heterocycles. The Morgan fingerprint density at radius 2 is 2.12 bits per heavy atom. The zero-order valence-electron chi connectivity index (χ0n) is 13.9. The van der Waals surface area contributed by atoms with Crippen LogP contribution in [-0.2, 0) is 0 Å². The standard InChI is InChI=1S/C18H22ClN3O3/c19-13-3-4-14-16(10-13)25-17(20-14)21-15(12-1-2-12)9-11-5-7-22(8-6-11)18(23)24/h3-4,10-12,15H,1-2,5-9H2,(H,20,21)(H,23,24). The van der Waals surface area contributed by atoms with Crippen molar-refractivity contribution in [1.82, 2.24) is 9.88 Å². The van der Waals surface area contributed by atoms with Crippen LogP contribution in [0.5, 0.6) is 0 Å². The van der Waals surface area contributed by atoms with Gasteiger partial charge in [-0.15, -0.1) is 0 Å². The Hall–Kier alpha value is -1.95. The van der Waals surface area contributed by atoms with Crippen molar-refractivity contribution in [2.75, 3.05) is 18.4 Å². The number of nitrogens with zero attached hydrogens (tertiary/aromatic N) is 2. The van der Waals surface area contributed by atoms with Crippen LogP contribution >= 0.6 is 11.6 Å². The van der Waals surface area contributed by atoms with E-state index in [9.17, 15) is 4.79 Å². The third-order valence-electron chi connectivity index (χ3n) is 5.32. The number of fused-ring (bicyclic) bond motifs is 1. The van der Waals surface area contributed by atoms with Gasteiger partial charge in [0.15, 0.2) is 5.58 Å². The zero-order chi connectivity index (χ0) is 17.4. The number of halogens is 1. The summed E-state index contributed by atoms with van der Waals surface area (Å²) in [6.07, 6.45) is 4.56. The minimum absolute atomic E-state index is 0.338. The largest absolute Gasteiger partial charge is 0.465 e. The van der Waals surface area contributed by atoms with Crippen molar-refractivity contribution in [1.29, 1.82) is 0 Å². The molecule has 0 radical (unpaired) electrons. The highest BCUT2D eigenvalue weighted by atomic mass is 35.5. The first-order chi connectivity index (χ1) is 12.1. The number of anilines is 1. The van der Waals surface area contributed by atoms with Gasteiger partial charge < -0.3 is 19.7 Å². The van der Waals surface area contributed by atoms with Crippen molar-refractivity contribution in [3.05, 3.63) is 23.2 Å². The Labute approximate surface area is 151 Å². The van der Waals surface area contributed by atoms with Crippen LogP contribution in [0.1, 0.15) is 32.1 Å². The van der Waals surface area contributed by atoms with Crippen LogP contribution < -0.4 is 5.32 Å². The van der Waals surface area contributed by atoms with Crippen LogP contribution in [0.4, 0.5) is 10.8 Å². The Bertz CT molecular complexity index is 766. The van der Waals surface area contributed by atoms with E-state index in [2.05, 4.69) is 10.3 Å². The van der Waals surface area contributed by atoms with Crippen LogP contribution in [0.25, 0.3) is 11.1 Å². The van der Waals surface area contributed by atoms with E-state index in [1.54, 1.807) is 6.07 Å². The molecule has 0 spiro atoms. The van der Waals surface area contributed by atoms with Gasteiger partial charge >= 0.3 is 6.09 Å². The van der Waals surface area contributed by atoms with E-state index in [-0.39, 0.29) is 0 Å². The van der Waals surface area contributed by atoms with Crippen LogP contribution in [0.15, 0.2) is 22.6 Å². The van der Waals surface area contributed by atoms with Crippen LogP contribution in [0.3, 0.4) is 0 Å². The maximum atomic E-state index is 11.0. The van der Waals surface area contributed by atoms with Crippen molar-refractivity contribution in [3.8, 4) is 0 Å². The number of carboxylic acid groups (broad SMARTS) is 1. The number of hydrogen-bond donors (Lipinski definition) is 2. The molecule has 1 unspecified atom stereocenters. The van der Waals surface area contributed by atoms with Gasteiger partial charge in [-0.3, -0.25) is 0 Å². The highest BCUT2D eigenvalue weighted by molar-refractivity contribution is 6.31. The molecule has 2 aliphatic rings. The maximum absolute atomic E-state index is 11.0. The second kappa shape index (κ2) is 6.75. The summed E-state index contributed by atoms with van der Waals surface area (Å²) >= 11 is 6.00. The molecule has 134 valence electrons.